The first-order chi connectivity index (χ1) is 31.1. The molecule has 0 radical (unpaired) electrons. The molecule has 0 aromatic heterocycles. The first-order valence-corrected chi connectivity index (χ1v) is 22.1. The van der Waals surface area contributed by atoms with Crippen molar-refractivity contribution >= 4 is 65.0 Å². The molecule has 26 heteroatoms. The Hall–Kier alpha value is -5.99. The van der Waals surface area contributed by atoms with Crippen molar-refractivity contribution in [2.24, 2.45) is 17.4 Å². The number of β-amino-alcohol motifs (C(OH)–C–C–N with tert-alkyl or cyclic N) is 1. The van der Waals surface area contributed by atoms with Crippen LogP contribution in [0.5, 0.6) is 0 Å². The number of primary amides is 1. The molecule has 0 saturated carbocycles. The number of hydrogen-bond donors (Lipinski definition) is 13. The molecule has 1 unspecified atom stereocenters. The van der Waals surface area contributed by atoms with E-state index in [-0.39, 0.29) is 64.0 Å². The molecule has 370 valence electrons. The van der Waals surface area contributed by atoms with E-state index in [4.69, 9.17) is 11.5 Å². The predicted molar refractivity (Wildman–Crippen MR) is 229 cm³/mol. The SMILES string of the molecule is CC(C)C[C@H](NC(=O)CN1C(=O)[C@@H](NC(=O)[C@H](CCC(N)=O)NC(=O)CNC(=O)[C@@H]2C[C@@H](O)CN2)CC1O)C(=O)N[C@@H](C)C(=O)NCC(=O)N1CCC[C@H]1C(=O)N[C@@H](CCCCN)C(=O)O. The van der Waals surface area contributed by atoms with E-state index in [0.717, 1.165) is 4.90 Å². The number of aliphatic hydroxyl groups excluding tert-OH is 2. The van der Waals surface area contributed by atoms with Crippen molar-refractivity contribution in [1.29, 1.82) is 0 Å². The number of nitrogens with zero attached hydrogens (tertiary/aromatic N) is 2. The van der Waals surface area contributed by atoms with Crippen molar-refractivity contribution in [3.8, 4) is 0 Å². The second-order valence-corrected chi connectivity index (χ2v) is 17.1. The zero-order chi connectivity index (χ0) is 49.2. The average molecular weight is 939 g/mol. The fourth-order valence-electron chi connectivity index (χ4n) is 7.62. The van der Waals surface area contributed by atoms with Gasteiger partial charge in [0.2, 0.25) is 59.1 Å². The zero-order valence-corrected chi connectivity index (χ0v) is 37.5. The van der Waals surface area contributed by atoms with Crippen LogP contribution in [-0.2, 0) is 52.7 Å². The number of carboxylic acids is 1. The van der Waals surface area contributed by atoms with Crippen LogP contribution >= 0.6 is 0 Å². The Balaban J connectivity index is 1.53. The van der Waals surface area contributed by atoms with Crippen molar-refractivity contribution in [3.63, 3.8) is 0 Å². The summed E-state index contributed by atoms with van der Waals surface area (Å²) < 4.78 is 0. The Morgan fingerprint density at radius 3 is 2.12 bits per heavy atom. The van der Waals surface area contributed by atoms with Gasteiger partial charge in [0.25, 0.3) is 0 Å². The first-order valence-electron chi connectivity index (χ1n) is 22.1. The fourth-order valence-corrected chi connectivity index (χ4v) is 7.62. The molecule has 26 nitrogen and oxygen atoms in total. The lowest BCUT2D eigenvalue weighted by Gasteiger charge is -2.26. The number of nitrogens with two attached hydrogens (primary N) is 2. The number of carbonyl (C=O) groups is 11. The number of amides is 10. The fraction of sp³-hybridized carbons (Fsp3) is 0.725. The van der Waals surface area contributed by atoms with E-state index in [1.807, 2.05) is 0 Å². The topological polar surface area (TPSA) is 403 Å². The van der Waals surface area contributed by atoms with Crippen LogP contribution in [0.15, 0.2) is 0 Å². The third-order valence-corrected chi connectivity index (χ3v) is 11.2. The summed E-state index contributed by atoms with van der Waals surface area (Å²) >= 11 is 0. The molecule has 0 bridgehead atoms. The van der Waals surface area contributed by atoms with Crippen molar-refractivity contribution in [2.45, 2.75) is 140 Å². The first kappa shape index (κ1) is 54.3. The van der Waals surface area contributed by atoms with E-state index in [2.05, 4.69) is 42.5 Å². The summed E-state index contributed by atoms with van der Waals surface area (Å²) in [5.74, 6) is -9.00. The highest BCUT2D eigenvalue weighted by atomic mass is 16.4. The Bertz CT molecular complexity index is 1800. The van der Waals surface area contributed by atoms with Crippen LogP contribution < -0.4 is 54.0 Å². The van der Waals surface area contributed by atoms with Crippen molar-refractivity contribution < 1.29 is 68.1 Å². The van der Waals surface area contributed by atoms with Crippen molar-refractivity contribution in [1.82, 2.24) is 52.3 Å². The van der Waals surface area contributed by atoms with E-state index < -0.39 is 139 Å². The minimum absolute atomic E-state index is 0.0798. The van der Waals surface area contributed by atoms with Gasteiger partial charge in [0.05, 0.1) is 25.2 Å². The Kier molecular flexibility index (Phi) is 21.6. The molecule has 3 aliphatic rings. The lowest BCUT2D eigenvalue weighted by atomic mass is 10.0. The van der Waals surface area contributed by atoms with Crippen LogP contribution in [-0.4, -0.2) is 184 Å². The van der Waals surface area contributed by atoms with E-state index in [1.54, 1.807) is 13.8 Å². The molecule has 10 amide bonds. The largest absolute Gasteiger partial charge is 0.480 e. The number of hydrogen-bond acceptors (Lipinski definition) is 15. The number of likely N-dealkylation sites (tertiary alicyclic amines) is 2. The average Bonchev–Trinajstić information content (AvgIpc) is 3.99. The monoisotopic (exact) mass is 938 g/mol. The van der Waals surface area contributed by atoms with Crippen molar-refractivity contribution in [2.75, 3.05) is 39.3 Å². The third kappa shape index (κ3) is 17.1. The molecule has 66 heavy (non-hydrogen) atoms. The van der Waals surface area contributed by atoms with Gasteiger partial charge in [-0.15, -0.1) is 0 Å². The predicted octanol–water partition coefficient (Wildman–Crippen LogP) is -6.55. The lowest BCUT2D eigenvalue weighted by Crippen LogP contribution is -2.56. The molecule has 9 atom stereocenters. The van der Waals surface area contributed by atoms with Gasteiger partial charge in [0, 0.05) is 25.9 Å². The molecule has 3 rings (SSSR count). The van der Waals surface area contributed by atoms with Gasteiger partial charge in [-0.25, -0.2) is 4.79 Å². The van der Waals surface area contributed by atoms with Crippen LogP contribution in [0.3, 0.4) is 0 Å². The quantitative estimate of drug-likeness (QED) is 0.0359. The molecular formula is C40H66N12O14. The van der Waals surface area contributed by atoms with Gasteiger partial charge in [-0.2, -0.15) is 0 Å². The standard InChI is InChI=1S/C40H66N12O14/c1-20(2)13-26(37(62)46-21(3)34(59)45-18-33(58)51-12-6-8-28(51)38(63)49-24(40(65)66)7-4-5-11-41)48-31(56)19-52-32(57)15-27(39(52)64)50-36(61)23(9-10-29(42)54)47-30(55)17-44-35(60)25-14-22(53)16-43-25/h20-28,32,43,53,57H,4-19,41H2,1-3H3,(H2,42,54)(H,44,60)(H,45,59)(H,46,62)(H,47,55)(H,48,56)(H,49,63)(H,50,61)(H,65,66)/t21-,22+,23-,24-,25-,26-,27-,28-,32?/m0/s1. The Morgan fingerprint density at radius 1 is 0.803 bits per heavy atom. The number of rotatable bonds is 26. The highest BCUT2D eigenvalue weighted by molar-refractivity contribution is 5.97. The molecule has 0 aromatic rings. The minimum atomic E-state index is -1.56. The van der Waals surface area contributed by atoms with E-state index in [0.29, 0.717) is 25.8 Å². The van der Waals surface area contributed by atoms with Crippen LogP contribution in [0.25, 0.3) is 0 Å². The number of aliphatic carboxylic acids is 1. The Morgan fingerprint density at radius 2 is 1.50 bits per heavy atom. The van der Waals surface area contributed by atoms with Crippen molar-refractivity contribution in [3.05, 3.63) is 0 Å². The summed E-state index contributed by atoms with van der Waals surface area (Å²) in [6.45, 7) is 3.80. The maximum absolute atomic E-state index is 13.4. The summed E-state index contributed by atoms with van der Waals surface area (Å²) in [6, 6.07) is -8.04. The van der Waals surface area contributed by atoms with Gasteiger partial charge < -0.3 is 79.1 Å². The Labute approximate surface area is 381 Å². The molecule has 3 fully saturated rings. The van der Waals surface area contributed by atoms with E-state index in [1.165, 1.54) is 11.8 Å². The molecule has 3 aliphatic heterocycles. The smallest absolute Gasteiger partial charge is 0.326 e. The van der Waals surface area contributed by atoms with Crippen LogP contribution in [0.1, 0.15) is 85.0 Å². The molecule has 15 N–H and O–H groups in total. The minimum Gasteiger partial charge on any atom is -0.480 e. The lowest BCUT2D eigenvalue weighted by molar-refractivity contribution is -0.144. The molecular weight excluding hydrogens is 873 g/mol. The maximum atomic E-state index is 13.4. The normalized spacial score (nSPS) is 22.1. The summed E-state index contributed by atoms with van der Waals surface area (Å²) in [5.41, 5.74) is 10.7. The van der Waals surface area contributed by atoms with Gasteiger partial charge in [-0.1, -0.05) is 13.8 Å². The highest BCUT2D eigenvalue weighted by Gasteiger charge is 2.42. The number of nitrogens with one attached hydrogen (secondary N) is 8. The number of aliphatic hydroxyl groups is 2. The summed E-state index contributed by atoms with van der Waals surface area (Å²) in [7, 11) is 0. The zero-order valence-electron chi connectivity index (χ0n) is 37.5. The maximum Gasteiger partial charge on any atom is 0.326 e. The van der Waals surface area contributed by atoms with Crippen LogP contribution in [0.4, 0.5) is 0 Å². The second kappa shape index (κ2) is 26.2. The molecule has 0 spiro atoms. The second-order valence-electron chi connectivity index (χ2n) is 17.1. The number of unbranched alkanes of at least 4 members (excludes halogenated alkanes) is 1. The van der Waals surface area contributed by atoms with Gasteiger partial charge >= 0.3 is 5.97 Å². The molecule has 3 saturated heterocycles. The van der Waals surface area contributed by atoms with Gasteiger partial charge in [0.15, 0.2) is 0 Å². The number of carboxylic acid groups (broad SMARTS) is 1. The van der Waals surface area contributed by atoms with E-state index >= 15 is 0 Å². The molecule has 0 aromatic carbocycles. The summed E-state index contributed by atoms with van der Waals surface area (Å²) in [6.07, 6.45) is -1.08. The molecule has 0 aliphatic carbocycles. The van der Waals surface area contributed by atoms with Gasteiger partial charge in [-0.3, -0.25) is 47.9 Å². The summed E-state index contributed by atoms with van der Waals surface area (Å²) in [4.78, 5) is 143. The number of carbonyl (C=O) groups excluding carboxylic acids is 10. The van der Waals surface area contributed by atoms with Crippen LogP contribution in [0, 0.1) is 5.92 Å². The molecule has 3 heterocycles. The van der Waals surface area contributed by atoms with Crippen LogP contribution in [0.2, 0.25) is 0 Å². The highest BCUT2D eigenvalue weighted by Crippen LogP contribution is 2.19. The van der Waals surface area contributed by atoms with E-state index in [9.17, 15) is 68.1 Å². The third-order valence-electron chi connectivity index (χ3n) is 11.2. The van der Waals surface area contributed by atoms with Gasteiger partial charge in [-0.05, 0) is 70.8 Å². The van der Waals surface area contributed by atoms with Gasteiger partial charge in [0.1, 0.15) is 49.0 Å². The summed E-state index contributed by atoms with van der Waals surface area (Å²) in [5, 5.41) is 49.7.